The van der Waals surface area contributed by atoms with E-state index in [2.05, 4.69) is 51.9 Å². The number of hydrogen-bond donors (Lipinski definition) is 2. The summed E-state index contributed by atoms with van der Waals surface area (Å²) in [4.78, 5) is 18.7. The molecule has 0 saturated heterocycles. The molecule has 0 amide bonds. The number of ketones is 1. The van der Waals surface area contributed by atoms with Crippen LogP contribution in [0, 0.1) is 11.3 Å². The second-order valence-electron chi connectivity index (χ2n) is 9.45. The Balaban J connectivity index is 2.16. The van der Waals surface area contributed by atoms with E-state index in [0.29, 0.717) is 24.6 Å². The van der Waals surface area contributed by atoms with Gasteiger partial charge in [0.05, 0.1) is 5.71 Å². The fourth-order valence-corrected chi connectivity index (χ4v) is 5.18. The third kappa shape index (κ3) is 3.29. The monoisotopic (exact) mass is 386 g/mol. The zero-order chi connectivity index (χ0) is 20.7. The van der Waals surface area contributed by atoms with Gasteiger partial charge in [0.1, 0.15) is 12.7 Å². The maximum Gasteiger partial charge on any atom is 0.191 e. The third-order valence-corrected chi connectivity index (χ3v) is 6.80. The van der Waals surface area contributed by atoms with E-state index in [1.54, 1.807) is 0 Å². The average Bonchev–Trinajstić information content (AvgIpc) is 2.64. The maximum absolute atomic E-state index is 13.1. The summed E-state index contributed by atoms with van der Waals surface area (Å²) in [5.74, 6) is -0.0924. The van der Waals surface area contributed by atoms with Gasteiger partial charge in [0.15, 0.2) is 5.78 Å². The molecule has 2 aliphatic carbocycles. The second-order valence-corrected chi connectivity index (χ2v) is 9.45. The zero-order valence-corrected chi connectivity index (χ0v) is 17.8. The Kier molecular flexibility index (Phi) is 5.70. The summed E-state index contributed by atoms with van der Waals surface area (Å²) in [6.07, 6.45) is 1.35. The second kappa shape index (κ2) is 7.60. The Morgan fingerprint density at radius 3 is 2.68 bits per heavy atom. The predicted octanol–water partition coefficient (Wildman–Crippen LogP) is 3.78. The van der Waals surface area contributed by atoms with Gasteiger partial charge in [-0.3, -0.25) is 4.79 Å². The summed E-state index contributed by atoms with van der Waals surface area (Å²) in [5.41, 5.74) is 8.44. The molecule has 28 heavy (non-hydrogen) atoms. The highest BCUT2D eigenvalue weighted by Gasteiger charge is 2.59. The van der Waals surface area contributed by atoms with Crippen LogP contribution in [0.2, 0.25) is 0 Å². The van der Waals surface area contributed by atoms with E-state index in [0.717, 1.165) is 36.1 Å². The summed E-state index contributed by atoms with van der Waals surface area (Å²) in [6.45, 7) is 11.7. The highest BCUT2D eigenvalue weighted by molar-refractivity contribution is 6.08. The summed E-state index contributed by atoms with van der Waals surface area (Å²) >= 11 is 0. The first-order valence-electron chi connectivity index (χ1n) is 10.4. The van der Waals surface area contributed by atoms with E-state index >= 15 is 0 Å². The molecule has 5 nitrogen and oxygen atoms in total. The van der Waals surface area contributed by atoms with E-state index < -0.39 is 11.5 Å². The lowest BCUT2D eigenvalue weighted by atomic mass is 9.48. The molecule has 1 aromatic carbocycles. The normalized spacial score (nSPS) is 30.3. The molecule has 1 saturated carbocycles. The molecule has 0 aromatic heterocycles. The van der Waals surface area contributed by atoms with Gasteiger partial charge in [0.25, 0.3) is 0 Å². The van der Waals surface area contributed by atoms with Crippen LogP contribution in [0.1, 0.15) is 81.3 Å². The first-order chi connectivity index (χ1) is 13.1. The topological polar surface area (TPSA) is 84.9 Å². The number of fused-ring (bicyclic) bond motifs is 3. The van der Waals surface area contributed by atoms with E-state index in [1.165, 1.54) is 0 Å². The van der Waals surface area contributed by atoms with Crippen molar-refractivity contribution in [3.8, 4) is 0 Å². The molecule has 0 bridgehead atoms. The van der Waals surface area contributed by atoms with Crippen molar-refractivity contribution in [3.63, 3.8) is 0 Å². The molecule has 5 heteroatoms. The average molecular weight is 387 g/mol. The van der Waals surface area contributed by atoms with Crippen molar-refractivity contribution in [2.24, 2.45) is 22.2 Å². The number of aliphatic hydroxyl groups is 1. The van der Waals surface area contributed by atoms with Gasteiger partial charge in [0, 0.05) is 16.9 Å². The fraction of sp³-hybridized carbons (Fsp3) is 0.652. The Morgan fingerprint density at radius 1 is 1.32 bits per heavy atom. The lowest BCUT2D eigenvalue weighted by Gasteiger charge is -2.55. The number of carbonyl (C=O) groups is 1. The van der Waals surface area contributed by atoms with E-state index in [1.807, 2.05) is 6.07 Å². The molecule has 3 rings (SSSR count). The first kappa shape index (κ1) is 21.0. The van der Waals surface area contributed by atoms with E-state index in [4.69, 9.17) is 10.6 Å². The number of carbonyl (C=O) groups excluding carboxylic acids is 1. The Morgan fingerprint density at radius 2 is 2.04 bits per heavy atom. The van der Waals surface area contributed by atoms with Crippen LogP contribution in [0.4, 0.5) is 0 Å². The molecule has 2 unspecified atom stereocenters. The molecule has 3 N–H and O–H groups in total. The molecule has 3 atom stereocenters. The lowest BCUT2D eigenvalue weighted by Crippen LogP contribution is -2.60. The smallest absolute Gasteiger partial charge is 0.191 e. The first-order valence-corrected chi connectivity index (χ1v) is 10.4. The van der Waals surface area contributed by atoms with Crippen LogP contribution in [0.15, 0.2) is 23.4 Å². The predicted molar refractivity (Wildman–Crippen MR) is 112 cm³/mol. The minimum absolute atomic E-state index is 0.168. The maximum atomic E-state index is 13.1. The number of nitrogens with zero attached hydrogens (tertiary/aromatic N) is 1. The minimum Gasteiger partial charge on any atom is -0.396 e. The van der Waals surface area contributed by atoms with Crippen LogP contribution in [0.5, 0.6) is 0 Å². The van der Waals surface area contributed by atoms with Gasteiger partial charge in [0.2, 0.25) is 0 Å². The van der Waals surface area contributed by atoms with E-state index in [9.17, 15) is 9.90 Å². The quantitative estimate of drug-likeness (QED) is 0.596. The molecule has 2 aliphatic rings. The highest BCUT2D eigenvalue weighted by Crippen LogP contribution is 2.56. The lowest BCUT2D eigenvalue weighted by molar-refractivity contribution is -0.00831. The van der Waals surface area contributed by atoms with Crippen molar-refractivity contribution in [1.82, 2.24) is 0 Å². The van der Waals surface area contributed by atoms with Gasteiger partial charge in [-0.25, -0.2) is 0 Å². The Bertz CT molecular complexity index is 784. The van der Waals surface area contributed by atoms with Gasteiger partial charge < -0.3 is 15.7 Å². The van der Waals surface area contributed by atoms with Gasteiger partial charge in [-0.1, -0.05) is 45.0 Å². The van der Waals surface area contributed by atoms with Crippen LogP contribution in [0.3, 0.4) is 0 Å². The molecule has 1 fully saturated rings. The fourth-order valence-electron chi connectivity index (χ4n) is 5.18. The molecule has 0 heterocycles. The number of benzene rings is 1. The minimum atomic E-state index is -1.04. The number of Topliss-reactive ketones (excluding diaryl/α,β-unsaturated/α-hetero) is 1. The van der Waals surface area contributed by atoms with Gasteiger partial charge in [-0.05, 0) is 61.3 Å². The zero-order valence-electron chi connectivity index (χ0n) is 17.8. The summed E-state index contributed by atoms with van der Waals surface area (Å²) in [7, 11) is 0. The summed E-state index contributed by atoms with van der Waals surface area (Å²) < 4.78 is 0. The third-order valence-electron chi connectivity index (χ3n) is 6.80. The van der Waals surface area contributed by atoms with Crippen LogP contribution in [0.25, 0.3) is 0 Å². The van der Waals surface area contributed by atoms with Crippen LogP contribution in [-0.4, -0.2) is 35.9 Å². The van der Waals surface area contributed by atoms with Crippen LogP contribution >= 0.6 is 0 Å². The number of hydrogen-bond acceptors (Lipinski definition) is 5. The number of nitrogens with two attached hydrogens (primary N) is 1. The van der Waals surface area contributed by atoms with Crippen LogP contribution in [-0.2, 0) is 10.3 Å². The van der Waals surface area contributed by atoms with Crippen molar-refractivity contribution in [3.05, 3.63) is 34.9 Å². The Labute approximate surface area is 168 Å². The van der Waals surface area contributed by atoms with Crippen LogP contribution < -0.4 is 5.73 Å². The largest absolute Gasteiger partial charge is 0.396 e. The molecule has 0 aliphatic heterocycles. The van der Waals surface area contributed by atoms with Crippen molar-refractivity contribution >= 4 is 11.5 Å². The number of aliphatic hydroxyl groups excluding tert-OH is 1. The van der Waals surface area contributed by atoms with Crippen molar-refractivity contribution < 1.29 is 14.7 Å². The summed E-state index contributed by atoms with van der Waals surface area (Å²) in [5, 5.41) is 15.6. The number of rotatable bonds is 5. The summed E-state index contributed by atoms with van der Waals surface area (Å²) in [6, 6.07) is 6.13. The molecule has 0 spiro atoms. The van der Waals surface area contributed by atoms with Gasteiger partial charge >= 0.3 is 0 Å². The molecular formula is C23H34N2O3. The molecule has 0 radical (unpaired) electrons. The number of oxime groups is 1. The van der Waals surface area contributed by atoms with Gasteiger partial charge in [-0.2, -0.15) is 0 Å². The standard InChI is InChI=1S/C23H34N2O3/c1-14(2)15-7-8-17-16(13-15)19(26)20(27)21-22(3,4)10-9-18(23(17,21)5)25-28-12-6-11-24/h7-8,13-14,20-21,27H,6,9-12,24H2,1-5H3/t20?,21?,23-/m0/s1. The van der Waals surface area contributed by atoms with Crippen molar-refractivity contribution in [2.45, 2.75) is 71.3 Å². The van der Waals surface area contributed by atoms with Gasteiger partial charge in [-0.15, -0.1) is 0 Å². The van der Waals surface area contributed by atoms with Crippen molar-refractivity contribution in [2.75, 3.05) is 13.2 Å². The molecular weight excluding hydrogens is 352 g/mol. The highest BCUT2D eigenvalue weighted by atomic mass is 16.6. The van der Waals surface area contributed by atoms with E-state index in [-0.39, 0.29) is 17.1 Å². The molecule has 1 aromatic rings. The Hall–Kier alpha value is -1.72. The van der Waals surface area contributed by atoms with Crippen molar-refractivity contribution in [1.29, 1.82) is 0 Å². The molecule has 154 valence electrons. The SMILES string of the molecule is CC(C)c1ccc2c(c1)C(=O)C(O)C1C(C)(C)CCC(=NOCCCN)[C@]21C.